The van der Waals surface area contributed by atoms with Gasteiger partial charge in [0.2, 0.25) is 0 Å². The van der Waals surface area contributed by atoms with Gasteiger partial charge in [-0.3, -0.25) is 0 Å². The number of rotatable bonds is 4. The molecule has 4 nitrogen and oxygen atoms in total. The average Bonchev–Trinajstić information content (AvgIpc) is 2.67. The van der Waals surface area contributed by atoms with Crippen LogP contribution in [0.25, 0.3) is 0 Å². The first-order chi connectivity index (χ1) is 7.78. The summed E-state index contributed by atoms with van der Waals surface area (Å²) in [5, 5.41) is 0.573. The van der Waals surface area contributed by atoms with Crippen LogP contribution in [0.3, 0.4) is 0 Å². The van der Waals surface area contributed by atoms with E-state index >= 15 is 0 Å². The van der Waals surface area contributed by atoms with E-state index in [0.717, 1.165) is 18.0 Å². The largest absolute Gasteiger partial charge is 0.430 e. The van der Waals surface area contributed by atoms with Gasteiger partial charge in [0.15, 0.2) is 0 Å². The van der Waals surface area contributed by atoms with Gasteiger partial charge in [0.1, 0.15) is 11.6 Å². The lowest BCUT2D eigenvalue weighted by molar-refractivity contribution is 0.477. The quantitative estimate of drug-likeness (QED) is 0.882. The third-order valence-corrected chi connectivity index (χ3v) is 2.76. The monoisotopic (exact) mass is 235 g/mol. The van der Waals surface area contributed by atoms with Gasteiger partial charge < -0.3 is 10.5 Å². The molecule has 0 atom stereocenters. The van der Waals surface area contributed by atoms with Crippen LogP contribution in [0.5, 0.6) is 10.9 Å². The second kappa shape index (κ2) is 5.05. The zero-order valence-corrected chi connectivity index (χ0v) is 9.83. The van der Waals surface area contributed by atoms with Gasteiger partial charge in [-0.1, -0.05) is 12.1 Å². The Morgan fingerprint density at radius 3 is 2.62 bits per heavy atom. The molecule has 1 aromatic carbocycles. The zero-order valence-electron chi connectivity index (χ0n) is 9.01. The first-order valence-electron chi connectivity index (χ1n) is 5.05. The highest BCUT2D eigenvalue weighted by Gasteiger charge is 2.02. The van der Waals surface area contributed by atoms with Crippen molar-refractivity contribution in [1.29, 1.82) is 0 Å². The Bertz CT molecular complexity index is 453. The highest BCUT2D eigenvalue weighted by Crippen LogP contribution is 2.23. The zero-order chi connectivity index (χ0) is 11.4. The third-order valence-electron chi connectivity index (χ3n) is 2.07. The van der Waals surface area contributed by atoms with Crippen LogP contribution in [0.4, 0.5) is 0 Å². The summed E-state index contributed by atoms with van der Waals surface area (Å²) in [7, 11) is 0. The van der Waals surface area contributed by atoms with Crippen molar-refractivity contribution in [3.63, 3.8) is 0 Å². The van der Waals surface area contributed by atoms with E-state index in [4.69, 9.17) is 10.5 Å². The van der Waals surface area contributed by atoms with Crippen LogP contribution in [0.2, 0.25) is 0 Å². The SMILES string of the molecule is Cc1nsc(Oc2ccc(CCN)cc2)n1. The lowest BCUT2D eigenvalue weighted by atomic mass is 10.1. The highest BCUT2D eigenvalue weighted by molar-refractivity contribution is 7.07. The third kappa shape index (κ3) is 2.77. The first-order valence-corrected chi connectivity index (χ1v) is 5.82. The minimum absolute atomic E-state index is 0.573. The van der Waals surface area contributed by atoms with Gasteiger partial charge in [-0.15, -0.1) is 0 Å². The van der Waals surface area contributed by atoms with E-state index in [2.05, 4.69) is 9.36 Å². The second-order valence-electron chi connectivity index (χ2n) is 3.39. The normalized spacial score (nSPS) is 10.4. The molecular formula is C11H13N3OS. The van der Waals surface area contributed by atoms with Crippen LogP contribution in [-0.4, -0.2) is 15.9 Å². The fourth-order valence-electron chi connectivity index (χ4n) is 1.31. The van der Waals surface area contributed by atoms with Crippen LogP contribution in [0, 0.1) is 6.92 Å². The van der Waals surface area contributed by atoms with Gasteiger partial charge in [0, 0.05) is 11.5 Å². The molecule has 0 aliphatic carbocycles. The van der Waals surface area contributed by atoms with E-state index in [1.807, 2.05) is 31.2 Å². The summed E-state index contributed by atoms with van der Waals surface area (Å²) in [6.07, 6.45) is 0.887. The standard InChI is InChI=1S/C11H13N3OS/c1-8-13-11(16-14-8)15-10-4-2-9(3-5-10)6-7-12/h2-5H,6-7,12H2,1H3. The molecule has 1 heterocycles. The fraction of sp³-hybridized carbons (Fsp3) is 0.273. The predicted molar refractivity (Wildman–Crippen MR) is 63.9 cm³/mol. The molecule has 84 valence electrons. The van der Waals surface area contributed by atoms with E-state index in [1.54, 1.807) is 0 Å². The predicted octanol–water partition coefficient (Wildman–Crippen LogP) is 2.14. The summed E-state index contributed by atoms with van der Waals surface area (Å²) >= 11 is 1.26. The molecule has 1 aromatic heterocycles. The maximum absolute atomic E-state index is 5.55. The minimum Gasteiger partial charge on any atom is -0.430 e. The van der Waals surface area contributed by atoms with E-state index < -0.39 is 0 Å². The van der Waals surface area contributed by atoms with Crippen molar-refractivity contribution in [2.75, 3.05) is 6.54 Å². The first kappa shape index (κ1) is 11.0. The molecule has 16 heavy (non-hydrogen) atoms. The highest BCUT2D eigenvalue weighted by atomic mass is 32.1. The molecule has 0 fully saturated rings. The van der Waals surface area contributed by atoms with E-state index in [9.17, 15) is 0 Å². The molecule has 0 spiro atoms. The van der Waals surface area contributed by atoms with Crippen LogP contribution < -0.4 is 10.5 Å². The van der Waals surface area contributed by atoms with Crippen LogP contribution >= 0.6 is 11.5 Å². The van der Waals surface area contributed by atoms with Crippen molar-refractivity contribution in [2.45, 2.75) is 13.3 Å². The van der Waals surface area contributed by atoms with Gasteiger partial charge in [-0.05, 0) is 37.6 Å². The van der Waals surface area contributed by atoms with Gasteiger partial charge in [-0.25, -0.2) is 0 Å². The molecule has 0 bridgehead atoms. The molecule has 2 N–H and O–H groups in total. The lowest BCUT2D eigenvalue weighted by Gasteiger charge is -2.02. The number of aryl methyl sites for hydroxylation is 1. The Hall–Kier alpha value is -1.46. The molecule has 0 amide bonds. The van der Waals surface area contributed by atoms with Crippen molar-refractivity contribution in [2.24, 2.45) is 5.73 Å². The molecule has 0 radical (unpaired) electrons. The number of hydrogen-bond acceptors (Lipinski definition) is 5. The molecule has 0 unspecified atom stereocenters. The number of hydrogen-bond donors (Lipinski definition) is 1. The molecular weight excluding hydrogens is 222 g/mol. The Kier molecular flexibility index (Phi) is 3.48. The van der Waals surface area contributed by atoms with Crippen LogP contribution in [-0.2, 0) is 6.42 Å². The number of ether oxygens (including phenoxy) is 1. The Balaban J connectivity index is 2.05. The molecule has 2 rings (SSSR count). The fourth-order valence-corrected chi connectivity index (χ4v) is 1.87. The van der Waals surface area contributed by atoms with E-state index in [1.165, 1.54) is 17.1 Å². The Labute approximate surface area is 98.3 Å². The van der Waals surface area contributed by atoms with Gasteiger partial charge in [0.05, 0.1) is 0 Å². The molecule has 0 aliphatic heterocycles. The minimum atomic E-state index is 0.573. The summed E-state index contributed by atoms with van der Waals surface area (Å²) in [5.74, 6) is 1.51. The summed E-state index contributed by atoms with van der Waals surface area (Å²) in [6, 6.07) is 7.86. The smallest absolute Gasteiger partial charge is 0.298 e. The summed E-state index contributed by atoms with van der Waals surface area (Å²) < 4.78 is 9.59. The topological polar surface area (TPSA) is 61.0 Å². The summed E-state index contributed by atoms with van der Waals surface area (Å²) in [6.45, 7) is 2.50. The number of benzene rings is 1. The molecule has 0 saturated heterocycles. The van der Waals surface area contributed by atoms with Crippen molar-refractivity contribution in [3.05, 3.63) is 35.7 Å². The van der Waals surface area contributed by atoms with Crippen molar-refractivity contribution in [1.82, 2.24) is 9.36 Å². The lowest BCUT2D eigenvalue weighted by Crippen LogP contribution is -2.02. The van der Waals surface area contributed by atoms with Crippen molar-refractivity contribution < 1.29 is 4.74 Å². The molecule has 0 aliphatic rings. The number of nitrogens with zero attached hydrogens (tertiary/aromatic N) is 2. The van der Waals surface area contributed by atoms with Gasteiger partial charge >= 0.3 is 0 Å². The number of nitrogens with two attached hydrogens (primary N) is 1. The maximum Gasteiger partial charge on any atom is 0.298 e. The summed E-state index contributed by atoms with van der Waals surface area (Å²) in [5.41, 5.74) is 6.69. The van der Waals surface area contributed by atoms with Crippen LogP contribution in [0.15, 0.2) is 24.3 Å². The van der Waals surface area contributed by atoms with E-state index in [-0.39, 0.29) is 0 Å². The van der Waals surface area contributed by atoms with Crippen molar-refractivity contribution >= 4 is 11.5 Å². The van der Waals surface area contributed by atoms with Gasteiger partial charge in [0.25, 0.3) is 5.19 Å². The molecule has 2 aromatic rings. The second-order valence-corrected chi connectivity index (χ2v) is 4.11. The van der Waals surface area contributed by atoms with Gasteiger partial charge in [-0.2, -0.15) is 9.36 Å². The average molecular weight is 235 g/mol. The summed E-state index contributed by atoms with van der Waals surface area (Å²) in [4.78, 5) is 4.13. The maximum atomic E-state index is 5.55. The number of aromatic nitrogens is 2. The molecule has 5 heteroatoms. The molecule has 0 saturated carbocycles. The van der Waals surface area contributed by atoms with Crippen LogP contribution in [0.1, 0.15) is 11.4 Å². The Morgan fingerprint density at radius 2 is 2.06 bits per heavy atom. The van der Waals surface area contributed by atoms with Crippen molar-refractivity contribution in [3.8, 4) is 10.9 Å². The Morgan fingerprint density at radius 1 is 1.31 bits per heavy atom. The van der Waals surface area contributed by atoms with E-state index in [0.29, 0.717) is 11.7 Å².